The molecule has 1 aromatic heterocycles. The standard InChI is InChI=1S/C15H16N2O2/c1-10-11(2)13(19-3)8-7-12(10)15(18)17-14-6-4-5-9-16-14/h4-9H,1-3H3,(H,16,17,18). The molecular weight excluding hydrogens is 240 g/mol. The predicted molar refractivity (Wildman–Crippen MR) is 74.7 cm³/mol. The first-order chi connectivity index (χ1) is 9.13. The first-order valence-corrected chi connectivity index (χ1v) is 6.00. The van der Waals surface area contributed by atoms with Crippen molar-refractivity contribution >= 4 is 11.7 Å². The molecule has 1 heterocycles. The van der Waals surface area contributed by atoms with Crippen molar-refractivity contribution in [3.05, 3.63) is 53.2 Å². The van der Waals surface area contributed by atoms with E-state index < -0.39 is 0 Å². The van der Waals surface area contributed by atoms with Crippen molar-refractivity contribution in [2.75, 3.05) is 12.4 Å². The van der Waals surface area contributed by atoms with Crippen LogP contribution in [-0.4, -0.2) is 18.0 Å². The maximum atomic E-state index is 12.2. The molecule has 1 amide bonds. The molecule has 0 bridgehead atoms. The zero-order valence-corrected chi connectivity index (χ0v) is 11.2. The Bertz CT molecular complexity index is 595. The molecule has 1 aromatic carbocycles. The van der Waals surface area contributed by atoms with Crippen molar-refractivity contribution in [1.29, 1.82) is 0 Å². The fourth-order valence-corrected chi connectivity index (χ4v) is 1.88. The highest BCUT2D eigenvalue weighted by molar-refractivity contribution is 6.05. The highest BCUT2D eigenvalue weighted by atomic mass is 16.5. The lowest BCUT2D eigenvalue weighted by Crippen LogP contribution is -2.14. The number of aromatic nitrogens is 1. The van der Waals surface area contributed by atoms with Crippen LogP contribution in [0.3, 0.4) is 0 Å². The number of anilines is 1. The number of methoxy groups -OCH3 is 1. The van der Waals surface area contributed by atoms with Crippen LogP contribution in [0.1, 0.15) is 21.5 Å². The highest BCUT2D eigenvalue weighted by Gasteiger charge is 2.13. The van der Waals surface area contributed by atoms with E-state index in [1.165, 1.54) is 0 Å². The molecule has 2 rings (SSSR count). The summed E-state index contributed by atoms with van der Waals surface area (Å²) in [7, 11) is 1.62. The van der Waals surface area contributed by atoms with Crippen LogP contribution in [0.25, 0.3) is 0 Å². The smallest absolute Gasteiger partial charge is 0.257 e. The van der Waals surface area contributed by atoms with Crippen molar-refractivity contribution in [2.24, 2.45) is 0 Å². The van der Waals surface area contributed by atoms with Crippen LogP contribution in [-0.2, 0) is 0 Å². The van der Waals surface area contributed by atoms with Gasteiger partial charge in [-0.25, -0.2) is 4.98 Å². The molecule has 4 heteroatoms. The highest BCUT2D eigenvalue weighted by Crippen LogP contribution is 2.24. The fraction of sp³-hybridized carbons (Fsp3) is 0.200. The molecule has 19 heavy (non-hydrogen) atoms. The van der Waals surface area contributed by atoms with Gasteiger partial charge in [-0.2, -0.15) is 0 Å². The van der Waals surface area contributed by atoms with E-state index in [0.29, 0.717) is 11.4 Å². The van der Waals surface area contributed by atoms with E-state index in [0.717, 1.165) is 16.9 Å². The van der Waals surface area contributed by atoms with Crippen LogP contribution in [0, 0.1) is 13.8 Å². The molecule has 0 fully saturated rings. The fourth-order valence-electron chi connectivity index (χ4n) is 1.88. The van der Waals surface area contributed by atoms with Crippen molar-refractivity contribution in [2.45, 2.75) is 13.8 Å². The minimum Gasteiger partial charge on any atom is -0.496 e. The van der Waals surface area contributed by atoms with Crippen molar-refractivity contribution in [1.82, 2.24) is 4.98 Å². The van der Waals surface area contributed by atoms with Crippen LogP contribution >= 0.6 is 0 Å². The van der Waals surface area contributed by atoms with Crippen LogP contribution in [0.5, 0.6) is 5.75 Å². The summed E-state index contributed by atoms with van der Waals surface area (Å²) in [6.45, 7) is 3.84. The number of carbonyl (C=O) groups is 1. The van der Waals surface area contributed by atoms with Gasteiger partial charge in [-0.05, 0) is 49.2 Å². The average molecular weight is 256 g/mol. The molecule has 0 saturated carbocycles. The van der Waals surface area contributed by atoms with E-state index in [1.54, 1.807) is 37.6 Å². The third kappa shape index (κ3) is 2.73. The molecule has 0 aliphatic carbocycles. The topological polar surface area (TPSA) is 51.2 Å². The quantitative estimate of drug-likeness (QED) is 0.918. The van der Waals surface area contributed by atoms with Gasteiger partial charge in [-0.3, -0.25) is 4.79 Å². The monoisotopic (exact) mass is 256 g/mol. The number of pyridine rings is 1. The Hall–Kier alpha value is -2.36. The third-order valence-electron chi connectivity index (χ3n) is 3.11. The van der Waals surface area contributed by atoms with Crippen LogP contribution in [0.4, 0.5) is 5.82 Å². The van der Waals surface area contributed by atoms with Crippen LogP contribution in [0.15, 0.2) is 36.5 Å². The number of ether oxygens (including phenoxy) is 1. The molecule has 2 aromatic rings. The van der Waals surface area contributed by atoms with E-state index in [2.05, 4.69) is 10.3 Å². The van der Waals surface area contributed by atoms with Gasteiger partial charge in [0.05, 0.1) is 7.11 Å². The largest absolute Gasteiger partial charge is 0.496 e. The lowest BCUT2D eigenvalue weighted by Gasteiger charge is -2.12. The average Bonchev–Trinajstić information content (AvgIpc) is 2.42. The van der Waals surface area contributed by atoms with Crippen LogP contribution in [0.2, 0.25) is 0 Å². The maximum Gasteiger partial charge on any atom is 0.257 e. The molecule has 0 saturated heterocycles. The van der Waals surface area contributed by atoms with Gasteiger partial charge in [-0.1, -0.05) is 6.07 Å². The first kappa shape index (κ1) is 13.1. The second-order valence-electron chi connectivity index (χ2n) is 4.23. The molecule has 0 unspecified atom stereocenters. The summed E-state index contributed by atoms with van der Waals surface area (Å²) < 4.78 is 5.23. The molecule has 1 N–H and O–H groups in total. The third-order valence-corrected chi connectivity index (χ3v) is 3.11. The molecule has 0 aliphatic heterocycles. The van der Waals surface area contributed by atoms with Crippen LogP contribution < -0.4 is 10.1 Å². The van der Waals surface area contributed by atoms with E-state index in [1.807, 2.05) is 19.9 Å². The SMILES string of the molecule is COc1ccc(C(=O)Nc2ccccn2)c(C)c1C. The van der Waals surface area contributed by atoms with Gasteiger partial charge in [0.15, 0.2) is 0 Å². The minimum atomic E-state index is -0.165. The molecule has 0 aliphatic rings. The number of rotatable bonds is 3. The summed E-state index contributed by atoms with van der Waals surface area (Å²) in [5.74, 6) is 1.16. The van der Waals surface area contributed by atoms with Crippen molar-refractivity contribution in [3.8, 4) is 5.75 Å². The summed E-state index contributed by atoms with van der Waals surface area (Å²) in [4.78, 5) is 16.3. The Morgan fingerprint density at radius 3 is 2.58 bits per heavy atom. The number of hydrogen-bond acceptors (Lipinski definition) is 3. The Balaban J connectivity index is 2.27. The Morgan fingerprint density at radius 1 is 1.16 bits per heavy atom. The molecular formula is C15H16N2O2. The molecule has 98 valence electrons. The second kappa shape index (κ2) is 5.52. The van der Waals surface area contributed by atoms with Gasteiger partial charge in [-0.15, -0.1) is 0 Å². The van der Waals surface area contributed by atoms with Crippen molar-refractivity contribution in [3.63, 3.8) is 0 Å². The first-order valence-electron chi connectivity index (χ1n) is 6.00. The number of amides is 1. The van der Waals surface area contributed by atoms with Gasteiger partial charge in [0.2, 0.25) is 0 Å². The summed E-state index contributed by atoms with van der Waals surface area (Å²) in [5, 5.41) is 2.77. The van der Waals surface area contributed by atoms with Gasteiger partial charge in [0.25, 0.3) is 5.91 Å². The van der Waals surface area contributed by atoms with E-state index in [4.69, 9.17) is 4.74 Å². The predicted octanol–water partition coefficient (Wildman–Crippen LogP) is 2.96. The summed E-state index contributed by atoms with van der Waals surface area (Å²) in [5.41, 5.74) is 2.51. The zero-order chi connectivity index (χ0) is 13.8. The van der Waals surface area contributed by atoms with E-state index in [9.17, 15) is 4.79 Å². The molecule has 0 spiro atoms. The lowest BCUT2D eigenvalue weighted by molar-refractivity contribution is 0.102. The summed E-state index contributed by atoms with van der Waals surface area (Å²) in [6.07, 6.45) is 1.64. The van der Waals surface area contributed by atoms with E-state index in [-0.39, 0.29) is 5.91 Å². The lowest BCUT2D eigenvalue weighted by atomic mass is 10.0. The number of carbonyl (C=O) groups excluding carboxylic acids is 1. The minimum absolute atomic E-state index is 0.165. The number of nitrogens with one attached hydrogen (secondary N) is 1. The number of hydrogen-bond donors (Lipinski definition) is 1. The van der Waals surface area contributed by atoms with Gasteiger partial charge >= 0.3 is 0 Å². The van der Waals surface area contributed by atoms with Gasteiger partial charge in [0.1, 0.15) is 11.6 Å². The Kier molecular flexibility index (Phi) is 3.80. The number of benzene rings is 1. The van der Waals surface area contributed by atoms with Gasteiger partial charge < -0.3 is 10.1 Å². The maximum absolute atomic E-state index is 12.2. The molecule has 0 atom stereocenters. The van der Waals surface area contributed by atoms with Gasteiger partial charge in [0, 0.05) is 11.8 Å². The Labute approximate surface area is 112 Å². The second-order valence-corrected chi connectivity index (χ2v) is 4.23. The zero-order valence-electron chi connectivity index (χ0n) is 11.2. The molecule has 0 radical (unpaired) electrons. The number of nitrogens with zero attached hydrogens (tertiary/aromatic N) is 1. The van der Waals surface area contributed by atoms with Crippen molar-refractivity contribution < 1.29 is 9.53 Å². The molecule has 4 nitrogen and oxygen atoms in total. The Morgan fingerprint density at radius 2 is 1.95 bits per heavy atom. The normalized spacial score (nSPS) is 10.1. The summed E-state index contributed by atoms with van der Waals surface area (Å²) in [6, 6.07) is 8.95. The van der Waals surface area contributed by atoms with E-state index >= 15 is 0 Å². The summed E-state index contributed by atoms with van der Waals surface area (Å²) >= 11 is 0.